The second kappa shape index (κ2) is 5.19. The van der Waals surface area contributed by atoms with E-state index in [2.05, 4.69) is 4.98 Å². The van der Waals surface area contributed by atoms with Crippen LogP contribution in [-0.2, 0) is 4.74 Å². The van der Waals surface area contributed by atoms with Crippen LogP contribution < -0.4 is 0 Å². The smallest absolute Gasteiger partial charge is 0.254 e. The van der Waals surface area contributed by atoms with Crippen molar-refractivity contribution in [1.82, 2.24) is 9.88 Å². The molecule has 1 saturated heterocycles. The number of carbonyl (C=O) groups excluding carboxylic acids is 1. The van der Waals surface area contributed by atoms with Crippen LogP contribution in [0.3, 0.4) is 0 Å². The highest BCUT2D eigenvalue weighted by Gasteiger charge is 2.36. The van der Waals surface area contributed by atoms with Gasteiger partial charge in [-0.15, -0.1) is 0 Å². The van der Waals surface area contributed by atoms with E-state index in [1.807, 2.05) is 35.4 Å². The quantitative estimate of drug-likeness (QED) is 0.875. The summed E-state index contributed by atoms with van der Waals surface area (Å²) in [5, 5.41) is 1.09. The molecule has 1 aromatic heterocycles. The van der Waals surface area contributed by atoms with Gasteiger partial charge < -0.3 is 14.6 Å². The zero-order valence-corrected chi connectivity index (χ0v) is 12.0. The van der Waals surface area contributed by atoms with Gasteiger partial charge in [-0.05, 0) is 37.1 Å². The fraction of sp³-hybridized carbons (Fsp3) is 0.471. The molecular formula is C17H20N2O2. The van der Waals surface area contributed by atoms with Crippen LogP contribution in [0.15, 0.2) is 30.5 Å². The fourth-order valence-corrected chi connectivity index (χ4v) is 3.70. The number of nitrogens with zero attached hydrogens (tertiary/aromatic N) is 1. The minimum atomic E-state index is 0.151. The van der Waals surface area contributed by atoms with Crippen molar-refractivity contribution < 1.29 is 9.53 Å². The zero-order chi connectivity index (χ0) is 14.2. The summed E-state index contributed by atoms with van der Waals surface area (Å²) in [6.45, 7) is 1.38. The summed E-state index contributed by atoms with van der Waals surface area (Å²) in [5.74, 6) is 0.151. The normalized spacial score (nSPS) is 25.8. The third-order valence-electron chi connectivity index (χ3n) is 4.79. The van der Waals surface area contributed by atoms with Gasteiger partial charge >= 0.3 is 0 Å². The number of carbonyl (C=O) groups is 1. The Morgan fingerprint density at radius 2 is 2.14 bits per heavy atom. The Balaban J connectivity index is 1.63. The molecule has 2 atom stereocenters. The third-order valence-corrected chi connectivity index (χ3v) is 4.79. The van der Waals surface area contributed by atoms with Crippen LogP contribution in [0.2, 0.25) is 0 Å². The summed E-state index contributed by atoms with van der Waals surface area (Å²) in [5.41, 5.74) is 1.86. The molecule has 21 heavy (non-hydrogen) atoms. The number of H-pyrrole nitrogens is 1. The molecule has 2 unspecified atom stereocenters. The van der Waals surface area contributed by atoms with E-state index in [1.165, 1.54) is 12.8 Å². The molecule has 0 spiro atoms. The number of morpholine rings is 1. The van der Waals surface area contributed by atoms with Crippen molar-refractivity contribution in [2.45, 2.75) is 37.8 Å². The Hall–Kier alpha value is -1.81. The molecule has 2 heterocycles. The first kappa shape index (κ1) is 12.9. The largest absolute Gasteiger partial charge is 0.374 e. The van der Waals surface area contributed by atoms with Crippen molar-refractivity contribution in [3.8, 4) is 0 Å². The molecule has 1 N–H and O–H groups in total. The van der Waals surface area contributed by atoms with Crippen LogP contribution in [0.1, 0.15) is 36.0 Å². The summed E-state index contributed by atoms with van der Waals surface area (Å²) in [4.78, 5) is 18.1. The summed E-state index contributed by atoms with van der Waals surface area (Å²) in [6, 6.07) is 8.17. The minimum absolute atomic E-state index is 0.151. The molecule has 1 aliphatic heterocycles. The molecule has 1 amide bonds. The lowest BCUT2D eigenvalue weighted by atomic mass is 9.89. The number of hydrogen-bond acceptors (Lipinski definition) is 2. The molecule has 2 aliphatic rings. The minimum Gasteiger partial charge on any atom is -0.374 e. The Morgan fingerprint density at radius 3 is 3.10 bits per heavy atom. The maximum Gasteiger partial charge on any atom is 0.254 e. The van der Waals surface area contributed by atoms with E-state index in [0.717, 1.165) is 29.3 Å². The summed E-state index contributed by atoms with van der Waals surface area (Å²) in [7, 11) is 0. The number of fused-ring (bicyclic) bond motifs is 2. The first-order chi connectivity index (χ1) is 10.3. The van der Waals surface area contributed by atoms with Crippen LogP contribution in [-0.4, -0.2) is 41.1 Å². The van der Waals surface area contributed by atoms with Crippen molar-refractivity contribution in [3.05, 3.63) is 36.0 Å². The monoisotopic (exact) mass is 284 g/mol. The van der Waals surface area contributed by atoms with Crippen LogP contribution in [0.5, 0.6) is 0 Å². The van der Waals surface area contributed by atoms with Gasteiger partial charge in [-0.2, -0.15) is 0 Å². The topological polar surface area (TPSA) is 45.3 Å². The van der Waals surface area contributed by atoms with Gasteiger partial charge in [-0.1, -0.05) is 12.8 Å². The number of aromatic nitrogens is 1. The van der Waals surface area contributed by atoms with Crippen LogP contribution in [0.25, 0.3) is 10.9 Å². The third kappa shape index (κ3) is 2.23. The molecule has 1 saturated carbocycles. The van der Waals surface area contributed by atoms with Gasteiger partial charge in [0.15, 0.2) is 0 Å². The molecule has 1 aliphatic carbocycles. The number of ether oxygens (including phenoxy) is 1. The number of aromatic amines is 1. The molecule has 4 rings (SSSR count). The lowest BCUT2D eigenvalue weighted by Gasteiger charge is -2.43. The van der Waals surface area contributed by atoms with Gasteiger partial charge in [0.1, 0.15) is 0 Å². The van der Waals surface area contributed by atoms with E-state index in [9.17, 15) is 4.79 Å². The highest BCUT2D eigenvalue weighted by Crippen LogP contribution is 2.29. The Bertz CT molecular complexity index is 662. The molecule has 4 heteroatoms. The first-order valence-corrected chi connectivity index (χ1v) is 7.83. The van der Waals surface area contributed by atoms with E-state index in [4.69, 9.17) is 4.74 Å². The summed E-state index contributed by atoms with van der Waals surface area (Å²) >= 11 is 0. The maximum absolute atomic E-state index is 12.9. The molecule has 2 fully saturated rings. The number of rotatable bonds is 1. The molecule has 110 valence electrons. The Kier molecular flexibility index (Phi) is 3.19. The number of nitrogens with one attached hydrogen (secondary N) is 1. The van der Waals surface area contributed by atoms with Gasteiger partial charge in [-0.25, -0.2) is 0 Å². The average molecular weight is 284 g/mol. The maximum atomic E-state index is 12.9. The van der Waals surface area contributed by atoms with E-state index in [1.54, 1.807) is 0 Å². The van der Waals surface area contributed by atoms with E-state index >= 15 is 0 Å². The number of benzene rings is 1. The number of amides is 1. The number of hydrogen-bond donors (Lipinski definition) is 1. The second-order valence-corrected chi connectivity index (χ2v) is 6.04. The SMILES string of the molecule is O=C(c1ccc2[nH]ccc2c1)N1CCOC2CCCCC21. The lowest BCUT2D eigenvalue weighted by molar-refractivity contribution is -0.0752. The highest BCUT2D eigenvalue weighted by atomic mass is 16.5. The standard InChI is InChI=1S/C17H20N2O2/c20-17(13-5-6-14-12(11-13)7-8-18-14)19-9-10-21-16-4-2-1-3-15(16)19/h5-8,11,15-16,18H,1-4,9-10H2. The summed E-state index contributed by atoms with van der Waals surface area (Å²) < 4.78 is 5.86. The van der Waals surface area contributed by atoms with E-state index in [0.29, 0.717) is 13.2 Å². The van der Waals surface area contributed by atoms with E-state index < -0.39 is 0 Å². The van der Waals surface area contributed by atoms with Crippen molar-refractivity contribution in [3.63, 3.8) is 0 Å². The predicted molar refractivity (Wildman–Crippen MR) is 81.3 cm³/mol. The van der Waals surface area contributed by atoms with Crippen molar-refractivity contribution in [2.24, 2.45) is 0 Å². The second-order valence-electron chi connectivity index (χ2n) is 6.04. The van der Waals surface area contributed by atoms with Gasteiger partial charge in [0.05, 0.1) is 18.8 Å². The van der Waals surface area contributed by atoms with Gasteiger partial charge in [-0.3, -0.25) is 4.79 Å². The fourth-order valence-electron chi connectivity index (χ4n) is 3.70. The molecule has 0 radical (unpaired) electrons. The van der Waals surface area contributed by atoms with Crippen molar-refractivity contribution >= 4 is 16.8 Å². The van der Waals surface area contributed by atoms with Gasteiger partial charge in [0.2, 0.25) is 0 Å². The highest BCUT2D eigenvalue weighted by molar-refractivity contribution is 5.98. The van der Waals surface area contributed by atoms with Gasteiger partial charge in [0, 0.05) is 29.2 Å². The lowest BCUT2D eigenvalue weighted by Crippen LogP contribution is -2.54. The van der Waals surface area contributed by atoms with Gasteiger partial charge in [0.25, 0.3) is 5.91 Å². The van der Waals surface area contributed by atoms with Crippen LogP contribution in [0, 0.1) is 0 Å². The first-order valence-electron chi connectivity index (χ1n) is 7.83. The molecule has 0 bridgehead atoms. The van der Waals surface area contributed by atoms with Crippen molar-refractivity contribution in [2.75, 3.05) is 13.2 Å². The average Bonchev–Trinajstić information content (AvgIpc) is 3.01. The zero-order valence-electron chi connectivity index (χ0n) is 12.0. The molecular weight excluding hydrogens is 264 g/mol. The Labute approximate surface area is 124 Å². The van der Waals surface area contributed by atoms with Crippen LogP contribution >= 0.6 is 0 Å². The molecule has 2 aromatic rings. The molecule has 4 nitrogen and oxygen atoms in total. The van der Waals surface area contributed by atoms with Crippen LogP contribution in [0.4, 0.5) is 0 Å². The summed E-state index contributed by atoms with van der Waals surface area (Å²) in [6.07, 6.45) is 6.73. The van der Waals surface area contributed by atoms with Crippen molar-refractivity contribution in [1.29, 1.82) is 0 Å². The predicted octanol–water partition coefficient (Wildman–Crippen LogP) is 2.95. The Morgan fingerprint density at radius 1 is 1.24 bits per heavy atom. The molecule has 1 aromatic carbocycles. The van der Waals surface area contributed by atoms with E-state index in [-0.39, 0.29) is 18.1 Å².